The van der Waals surface area contributed by atoms with Crippen LogP contribution < -0.4 is 15.9 Å². The molecule has 0 unspecified atom stereocenters. The minimum atomic E-state index is -3.95. The van der Waals surface area contributed by atoms with Crippen LogP contribution in [0.4, 0.5) is 0 Å². The van der Waals surface area contributed by atoms with E-state index in [4.69, 9.17) is 4.52 Å². The van der Waals surface area contributed by atoms with E-state index in [1.165, 1.54) is 0 Å². The first-order chi connectivity index (χ1) is 21.2. The van der Waals surface area contributed by atoms with Crippen LogP contribution in [0.3, 0.4) is 0 Å². The first kappa shape index (κ1) is 27.2. The summed E-state index contributed by atoms with van der Waals surface area (Å²) in [4.78, 5) is 15.1. The quantitative estimate of drug-likeness (QED) is 0.141. The van der Waals surface area contributed by atoms with Crippen molar-refractivity contribution in [3.05, 3.63) is 199 Å². The molecule has 7 rings (SSSR count). The molecule has 3 atom stereocenters. The van der Waals surface area contributed by atoms with E-state index in [1.807, 2.05) is 54.6 Å². The SMILES string of the molecule is O=C(c1ccccc1)[C@@H]1[C@@H](c2ccccc2)OP(c2ccccc2)(c2ccccc2)(c2ccccc2)[C@H]1c1ccccc1. The molecule has 1 aliphatic rings. The van der Waals surface area contributed by atoms with Gasteiger partial charge in [-0.25, -0.2) is 0 Å². The number of carbonyl (C=O) groups is 1. The van der Waals surface area contributed by atoms with Crippen LogP contribution in [0.2, 0.25) is 0 Å². The number of benzene rings is 6. The summed E-state index contributed by atoms with van der Waals surface area (Å²) < 4.78 is 8.01. The van der Waals surface area contributed by atoms with Crippen molar-refractivity contribution >= 4 is 28.5 Å². The average molecular weight is 577 g/mol. The first-order valence-electron chi connectivity index (χ1n) is 14.8. The summed E-state index contributed by atoms with van der Waals surface area (Å²) in [6.07, 6.45) is -0.489. The molecule has 1 saturated heterocycles. The third kappa shape index (κ3) is 4.21. The fourth-order valence-corrected chi connectivity index (χ4v) is 14.3. The molecular weight excluding hydrogens is 543 g/mol. The van der Waals surface area contributed by atoms with Crippen LogP contribution in [0, 0.1) is 5.92 Å². The molecule has 0 aromatic heterocycles. The molecule has 0 spiro atoms. The Morgan fingerprint density at radius 3 is 1.21 bits per heavy atom. The van der Waals surface area contributed by atoms with Gasteiger partial charge < -0.3 is 0 Å². The number of Topliss-reactive ketones (excluding diaryl/α,β-unsaturated/α-hetero) is 1. The first-order valence-corrected chi connectivity index (χ1v) is 17.0. The van der Waals surface area contributed by atoms with Gasteiger partial charge in [0.05, 0.1) is 0 Å². The Kier molecular flexibility index (Phi) is 7.11. The third-order valence-electron chi connectivity index (χ3n) is 8.97. The van der Waals surface area contributed by atoms with Crippen molar-refractivity contribution in [2.24, 2.45) is 5.92 Å². The second kappa shape index (κ2) is 11.2. The summed E-state index contributed by atoms with van der Waals surface area (Å²) in [5.41, 5.74) is 2.51. The molecule has 43 heavy (non-hydrogen) atoms. The Hall–Kier alpha value is -4.62. The minimum absolute atomic E-state index is 0.0950. The Labute approximate surface area is 253 Å². The predicted octanol–water partition coefficient (Wildman–Crippen LogP) is 8.44. The summed E-state index contributed by atoms with van der Waals surface area (Å²) in [5, 5.41) is 3.34. The van der Waals surface area contributed by atoms with Crippen LogP contribution in [0.25, 0.3) is 0 Å². The topological polar surface area (TPSA) is 26.3 Å². The van der Waals surface area contributed by atoms with Crippen molar-refractivity contribution in [2.75, 3.05) is 0 Å². The van der Waals surface area contributed by atoms with Crippen molar-refractivity contribution in [3.63, 3.8) is 0 Å². The van der Waals surface area contributed by atoms with Crippen LogP contribution in [0.5, 0.6) is 0 Å². The van der Waals surface area contributed by atoms with Gasteiger partial charge in [-0.2, -0.15) is 0 Å². The maximum absolute atomic E-state index is 15.1. The van der Waals surface area contributed by atoms with E-state index in [1.54, 1.807) is 0 Å². The molecule has 210 valence electrons. The third-order valence-corrected chi connectivity index (χ3v) is 15.3. The van der Waals surface area contributed by atoms with E-state index in [-0.39, 0.29) is 11.4 Å². The summed E-state index contributed by atoms with van der Waals surface area (Å²) in [7, 11) is 0. The van der Waals surface area contributed by atoms with Gasteiger partial charge in [0.2, 0.25) is 0 Å². The van der Waals surface area contributed by atoms with Crippen molar-refractivity contribution in [2.45, 2.75) is 11.8 Å². The zero-order valence-corrected chi connectivity index (χ0v) is 24.7. The fourth-order valence-electron chi connectivity index (χ4n) is 7.25. The molecule has 6 aromatic rings. The van der Waals surface area contributed by atoms with Gasteiger partial charge in [0.25, 0.3) is 0 Å². The van der Waals surface area contributed by atoms with E-state index in [9.17, 15) is 0 Å². The van der Waals surface area contributed by atoms with Crippen LogP contribution in [-0.2, 0) is 4.52 Å². The molecule has 1 heterocycles. The average Bonchev–Trinajstić information content (AvgIpc) is 3.45. The predicted molar refractivity (Wildman–Crippen MR) is 179 cm³/mol. The molecule has 6 aromatic carbocycles. The van der Waals surface area contributed by atoms with Gasteiger partial charge in [-0.3, -0.25) is 0 Å². The monoisotopic (exact) mass is 576 g/mol. The number of hydrogen-bond donors (Lipinski definition) is 0. The standard InChI is InChI=1S/C40H33O2P/c41-38(31-19-7-1-8-20-31)37-39(32-21-9-2-10-22-32)42-43(34-25-13-4-14-26-34,35-27-15-5-16-28-35,36-29-17-6-18-30-36)40(37)33-23-11-3-12-24-33/h1-30,37,39-40H/t37-,39-,40+/m1/s1. The van der Waals surface area contributed by atoms with Crippen molar-refractivity contribution < 1.29 is 9.32 Å². The van der Waals surface area contributed by atoms with Crippen LogP contribution in [-0.4, -0.2) is 5.78 Å². The summed E-state index contributed by atoms with van der Waals surface area (Å²) >= 11 is 0. The van der Waals surface area contributed by atoms with E-state index in [2.05, 4.69) is 127 Å². The van der Waals surface area contributed by atoms with Gasteiger partial charge in [-0.1, -0.05) is 0 Å². The van der Waals surface area contributed by atoms with Gasteiger partial charge in [0, 0.05) is 0 Å². The van der Waals surface area contributed by atoms with Gasteiger partial charge in [-0.05, 0) is 0 Å². The summed E-state index contributed by atoms with van der Waals surface area (Å²) in [6.45, 7) is -3.95. The van der Waals surface area contributed by atoms with Gasteiger partial charge in [0.1, 0.15) is 0 Å². The van der Waals surface area contributed by atoms with Crippen LogP contribution >= 0.6 is 6.83 Å². The molecule has 0 N–H and O–H groups in total. The number of ketones is 1. The van der Waals surface area contributed by atoms with Crippen molar-refractivity contribution in [3.8, 4) is 0 Å². The van der Waals surface area contributed by atoms with E-state index >= 15 is 4.79 Å². The Bertz CT molecular complexity index is 1710. The van der Waals surface area contributed by atoms with Gasteiger partial charge in [0.15, 0.2) is 0 Å². The molecule has 0 saturated carbocycles. The fraction of sp³-hybridized carbons (Fsp3) is 0.0750. The summed E-state index contributed by atoms with van der Waals surface area (Å²) in [5.74, 6) is -0.400. The van der Waals surface area contributed by atoms with Gasteiger partial charge in [-0.15, -0.1) is 0 Å². The molecule has 1 aliphatic heterocycles. The Morgan fingerprint density at radius 2 is 0.791 bits per heavy atom. The second-order valence-corrected chi connectivity index (χ2v) is 15.7. The molecule has 0 amide bonds. The Morgan fingerprint density at radius 1 is 0.442 bits per heavy atom. The van der Waals surface area contributed by atoms with Crippen LogP contribution in [0.15, 0.2) is 182 Å². The molecule has 1 fully saturated rings. The maximum atomic E-state index is 15.1. The van der Waals surface area contributed by atoms with E-state index in [0.29, 0.717) is 5.56 Å². The Balaban J connectivity index is 1.69. The summed E-state index contributed by atoms with van der Waals surface area (Å²) in [6, 6.07) is 62.7. The molecular formula is C40H33O2P. The van der Waals surface area contributed by atoms with Crippen LogP contribution in [0.1, 0.15) is 33.2 Å². The molecule has 0 bridgehead atoms. The van der Waals surface area contributed by atoms with E-state index in [0.717, 1.165) is 27.0 Å². The normalized spacial score (nSPS) is 21.3. The zero-order chi connectivity index (χ0) is 29.1. The second-order valence-electron chi connectivity index (χ2n) is 11.2. The van der Waals surface area contributed by atoms with Crippen molar-refractivity contribution in [1.29, 1.82) is 0 Å². The zero-order valence-electron chi connectivity index (χ0n) is 23.8. The number of carbonyl (C=O) groups excluding carboxylic acids is 1. The molecule has 0 radical (unpaired) electrons. The molecule has 0 aliphatic carbocycles. The number of hydrogen-bond acceptors (Lipinski definition) is 2. The number of rotatable bonds is 7. The van der Waals surface area contributed by atoms with E-state index < -0.39 is 18.9 Å². The molecule has 3 heteroatoms. The van der Waals surface area contributed by atoms with Gasteiger partial charge >= 0.3 is 254 Å². The van der Waals surface area contributed by atoms with Crippen molar-refractivity contribution in [1.82, 2.24) is 0 Å². The molecule has 2 nitrogen and oxygen atoms in total.